The van der Waals surface area contributed by atoms with Gasteiger partial charge in [-0.3, -0.25) is 9.59 Å². The summed E-state index contributed by atoms with van der Waals surface area (Å²) in [5, 5.41) is 10.4. The van der Waals surface area contributed by atoms with Crippen LogP contribution in [0.15, 0.2) is 45.6 Å². The number of carbonyl (C=O) groups is 2. The van der Waals surface area contributed by atoms with Crippen LogP contribution in [0.4, 0.5) is 0 Å². The van der Waals surface area contributed by atoms with E-state index in [2.05, 4.69) is 15.7 Å². The first-order valence-corrected chi connectivity index (χ1v) is 10.4. The van der Waals surface area contributed by atoms with Crippen molar-refractivity contribution in [1.29, 1.82) is 0 Å². The standard InChI is InChI=1S/C23H25N5O4/c1-13(2)28-22-19(11-26-28)18(9-20(27-22)17-8-14(3)32-15(17)4)23(30)25-12-21(29)24-10-16-6-5-7-31-16/h5-9,11,13H,10,12H2,1-4H3,(H,24,29)(H,25,30). The number of rotatable bonds is 7. The van der Waals surface area contributed by atoms with E-state index < -0.39 is 0 Å². The van der Waals surface area contributed by atoms with Crippen LogP contribution < -0.4 is 10.6 Å². The first kappa shape index (κ1) is 21.4. The van der Waals surface area contributed by atoms with Crippen LogP contribution in [0.25, 0.3) is 22.3 Å². The number of aromatic nitrogens is 3. The fraction of sp³-hybridized carbons (Fsp3) is 0.304. The molecule has 4 heterocycles. The molecule has 0 aliphatic carbocycles. The van der Waals surface area contributed by atoms with Crippen molar-refractivity contribution in [2.75, 3.05) is 6.54 Å². The number of amides is 2. The third-order valence-electron chi connectivity index (χ3n) is 5.07. The third kappa shape index (κ3) is 4.27. The summed E-state index contributed by atoms with van der Waals surface area (Å²) in [7, 11) is 0. The quantitative estimate of drug-likeness (QED) is 0.459. The zero-order valence-electron chi connectivity index (χ0n) is 18.4. The molecule has 0 atom stereocenters. The van der Waals surface area contributed by atoms with E-state index in [9.17, 15) is 9.59 Å². The van der Waals surface area contributed by atoms with Gasteiger partial charge in [0.15, 0.2) is 5.65 Å². The summed E-state index contributed by atoms with van der Waals surface area (Å²) in [4.78, 5) is 30.0. The summed E-state index contributed by atoms with van der Waals surface area (Å²) in [5.41, 5.74) is 2.42. The molecule has 0 fully saturated rings. The molecule has 166 valence electrons. The lowest BCUT2D eigenvalue weighted by atomic mass is 10.1. The van der Waals surface area contributed by atoms with E-state index in [4.69, 9.17) is 13.8 Å². The fourth-order valence-electron chi connectivity index (χ4n) is 3.52. The SMILES string of the molecule is Cc1cc(-c2cc(C(=O)NCC(=O)NCc3ccco3)c3cnn(C(C)C)c3n2)c(C)o1. The maximum atomic E-state index is 13.1. The molecule has 4 aromatic rings. The molecule has 9 nitrogen and oxygen atoms in total. The number of pyridine rings is 1. The van der Waals surface area contributed by atoms with E-state index in [0.717, 1.165) is 11.3 Å². The maximum Gasteiger partial charge on any atom is 0.252 e. The predicted octanol–water partition coefficient (Wildman–Crippen LogP) is 3.53. The highest BCUT2D eigenvalue weighted by molar-refractivity contribution is 6.07. The number of nitrogens with zero attached hydrogens (tertiary/aromatic N) is 3. The van der Waals surface area contributed by atoms with Crippen LogP contribution in [0.1, 0.15) is 47.5 Å². The number of carbonyl (C=O) groups excluding carboxylic acids is 2. The third-order valence-corrected chi connectivity index (χ3v) is 5.07. The Hall–Kier alpha value is -3.88. The van der Waals surface area contributed by atoms with Crippen molar-refractivity contribution in [2.24, 2.45) is 0 Å². The van der Waals surface area contributed by atoms with Gasteiger partial charge in [0, 0.05) is 11.6 Å². The largest absolute Gasteiger partial charge is 0.467 e. The molecule has 2 amide bonds. The van der Waals surface area contributed by atoms with E-state index >= 15 is 0 Å². The van der Waals surface area contributed by atoms with Crippen LogP contribution >= 0.6 is 0 Å². The molecule has 0 aliphatic heterocycles. The van der Waals surface area contributed by atoms with Gasteiger partial charge < -0.3 is 19.5 Å². The number of nitrogens with one attached hydrogen (secondary N) is 2. The zero-order chi connectivity index (χ0) is 22.8. The Bertz CT molecular complexity index is 1270. The minimum Gasteiger partial charge on any atom is -0.467 e. The summed E-state index contributed by atoms with van der Waals surface area (Å²) in [6.45, 7) is 7.81. The molecule has 0 saturated carbocycles. The van der Waals surface area contributed by atoms with Gasteiger partial charge in [0.05, 0.1) is 42.2 Å². The van der Waals surface area contributed by atoms with Crippen molar-refractivity contribution in [1.82, 2.24) is 25.4 Å². The zero-order valence-corrected chi connectivity index (χ0v) is 18.4. The molecule has 0 bridgehead atoms. The molecule has 9 heteroatoms. The average Bonchev–Trinajstić information content (AvgIpc) is 3.49. The second-order valence-electron chi connectivity index (χ2n) is 7.84. The lowest BCUT2D eigenvalue weighted by Gasteiger charge is -2.11. The summed E-state index contributed by atoms with van der Waals surface area (Å²) in [6.07, 6.45) is 3.17. The Morgan fingerprint density at radius 2 is 2.00 bits per heavy atom. The van der Waals surface area contributed by atoms with E-state index in [1.54, 1.807) is 29.1 Å². The topological polar surface area (TPSA) is 115 Å². The Morgan fingerprint density at radius 3 is 2.66 bits per heavy atom. The van der Waals surface area contributed by atoms with Crippen LogP contribution in [0.2, 0.25) is 0 Å². The molecule has 0 aliphatic rings. The smallest absolute Gasteiger partial charge is 0.252 e. The van der Waals surface area contributed by atoms with Crippen LogP contribution in [-0.2, 0) is 11.3 Å². The molecule has 0 saturated heterocycles. The van der Waals surface area contributed by atoms with Gasteiger partial charge in [-0.2, -0.15) is 5.10 Å². The van der Waals surface area contributed by atoms with Crippen LogP contribution in [0.5, 0.6) is 0 Å². The Kier molecular flexibility index (Phi) is 5.81. The highest BCUT2D eigenvalue weighted by Crippen LogP contribution is 2.30. The normalized spacial score (nSPS) is 11.3. The van der Waals surface area contributed by atoms with Crippen molar-refractivity contribution < 1.29 is 18.4 Å². The summed E-state index contributed by atoms with van der Waals surface area (Å²) < 4.78 is 12.6. The molecular weight excluding hydrogens is 410 g/mol. The Labute approximate surface area is 184 Å². The lowest BCUT2D eigenvalue weighted by molar-refractivity contribution is -0.120. The van der Waals surface area contributed by atoms with E-state index in [1.807, 2.05) is 33.8 Å². The maximum absolute atomic E-state index is 13.1. The van der Waals surface area contributed by atoms with Crippen molar-refractivity contribution in [3.63, 3.8) is 0 Å². The average molecular weight is 435 g/mol. The number of aryl methyl sites for hydroxylation is 2. The van der Waals surface area contributed by atoms with E-state index in [1.165, 1.54) is 6.26 Å². The van der Waals surface area contributed by atoms with Gasteiger partial charge >= 0.3 is 0 Å². The molecule has 0 unspecified atom stereocenters. The minimum absolute atomic E-state index is 0.0609. The number of furan rings is 2. The van der Waals surface area contributed by atoms with Crippen LogP contribution in [0, 0.1) is 13.8 Å². The van der Waals surface area contributed by atoms with Crippen molar-refractivity contribution in [3.8, 4) is 11.3 Å². The highest BCUT2D eigenvalue weighted by Gasteiger charge is 2.20. The van der Waals surface area contributed by atoms with Crippen molar-refractivity contribution >= 4 is 22.8 Å². The second kappa shape index (κ2) is 8.70. The van der Waals surface area contributed by atoms with E-state index in [0.29, 0.717) is 33.8 Å². The monoisotopic (exact) mass is 435 g/mol. The molecule has 0 aromatic carbocycles. The number of hydrogen-bond donors (Lipinski definition) is 2. The molecule has 4 rings (SSSR count). The molecule has 4 aromatic heterocycles. The van der Waals surface area contributed by atoms with Gasteiger partial charge in [-0.15, -0.1) is 0 Å². The minimum atomic E-state index is -0.382. The summed E-state index contributed by atoms with van der Waals surface area (Å²) in [6, 6.07) is 7.17. The molecular formula is C23H25N5O4. The van der Waals surface area contributed by atoms with Crippen LogP contribution in [0.3, 0.4) is 0 Å². The lowest BCUT2D eigenvalue weighted by Crippen LogP contribution is -2.36. The second-order valence-corrected chi connectivity index (χ2v) is 7.84. The van der Waals surface area contributed by atoms with Gasteiger partial charge in [0.25, 0.3) is 5.91 Å². The van der Waals surface area contributed by atoms with Gasteiger partial charge in [0.1, 0.15) is 17.3 Å². The van der Waals surface area contributed by atoms with Crippen molar-refractivity contribution in [2.45, 2.75) is 40.3 Å². The molecule has 0 radical (unpaired) electrons. The van der Waals surface area contributed by atoms with Gasteiger partial charge in [0.2, 0.25) is 5.91 Å². The first-order chi connectivity index (χ1) is 15.3. The van der Waals surface area contributed by atoms with Gasteiger partial charge in [-0.1, -0.05) is 0 Å². The van der Waals surface area contributed by atoms with E-state index in [-0.39, 0.29) is 30.9 Å². The first-order valence-electron chi connectivity index (χ1n) is 10.4. The molecule has 32 heavy (non-hydrogen) atoms. The molecule has 0 spiro atoms. The number of fused-ring (bicyclic) bond motifs is 1. The summed E-state index contributed by atoms with van der Waals surface area (Å²) in [5.74, 6) is 1.41. The summed E-state index contributed by atoms with van der Waals surface area (Å²) >= 11 is 0. The Balaban J connectivity index is 1.61. The Morgan fingerprint density at radius 1 is 1.19 bits per heavy atom. The molecule has 2 N–H and O–H groups in total. The number of hydrogen-bond acceptors (Lipinski definition) is 6. The van der Waals surface area contributed by atoms with Crippen LogP contribution in [-0.4, -0.2) is 33.1 Å². The highest BCUT2D eigenvalue weighted by atomic mass is 16.3. The van der Waals surface area contributed by atoms with Crippen molar-refractivity contribution in [3.05, 3.63) is 59.6 Å². The predicted molar refractivity (Wildman–Crippen MR) is 118 cm³/mol. The fourth-order valence-corrected chi connectivity index (χ4v) is 3.52. The van der Waals surface area contributed by atoms with Gasteiger partial charge in [-0.05, 0) is 52.0 Å². The van der Waals surface area contributed by atoms with Gasteiger partial charge in [-0.25, -0.2) is 9.67 Å².